The normalized spacial score (nSPS) is 21.8. The summed E-state index contributed by atoms with van der Waals surface area (Å²) in [5, 5.41) is 0. The zero-order valence-electron chi connectivity index (χ0n) is 12.7. The van der Waals surface area contributed by atoms with Crippen molar-refractivity contribution in [3.8, 4) is 0 Å². The van der Waals surface area contributed by atoms with Gasteiger partial charge >= 0.3 is 0 Å². The van der Waals surface area contributed by atoms with Crippen molar-refractivity contribution in [2.75, 3.05) is 36.0 Å². The van der Waals surface area contributed by atoms with Crippen LogP contribution in [0.25, 0.3) is 0 Å². The van der Waals surface area contributed by atoms with E-state index in [1.54, 1.807) is 11.8 Å². The lowest BCUT2D eigenvalue weighted by Gasteiger charge is -2.41. The number of Topliss-reactive ketones (excluding diaryl/α,β-unsaturated/α-hetero) is 1. The second-order valence-electron chi connectivity index (χ2n) is 5.59. The molecule has 112 valence electrons. The van der Waals surface area contributed by atoms with Crippen molar-refractivity contribution < 1.29 is 4.79 Å². The van der Waals surface area contributed by atoms with E-state index in [1.165, 1.54) is 30.4 Å². The fourth-order valence-electron chi connectivity index (χ4n) is 3.46. The first-order valence-electron chi connectivity index (χ1n) is 7.14. The van der Waals surface area contributed by atoms with Gasteiger partial charge in [-0.3, -0.25) is 4.79 Å². The van der Waals surface area contributed by atoms with E-state index in [9.17, 15) is 4.79 Å². The summed E-state index contributed by atoms with van der Waals surface area (Å²) in [6, 6.07) is 0. The third kappa shape index (κ3) is 3.02. The fourth-order valence-corrected chi connectivity index (χ4v) is 5.91. The van der Waals surface area contributed by atoms with E-state index in [2.05, 4.69) is 24.8 Å². The van der Waals surface area contributed by atoms with Gasteiger partial charge in [-0.2, -0.15) is 35.3 Å². The average molecular weight is 329 g/mol. The van der Waals surface area contributed by atoms with Crippen LogP contribution in [0.5, 0.6) is 0 Å². The molecule has 0 heterocycles. The Bertz CT molecular complexity index is 431. The number of carbonyl (C=O) groups is 1. The number of ketones is 1. The highest BCUT2D eigenvalue weighted by Gasteiger charge is 2.45. The molecule has 0 bridgehead atoms. The lowest BCUT2D eigenvalue weighted by Crippen LogP contribution is -2.43. The monoisotopic (exact) mass is 328 g/mol. The molecule has 0 aromatic carbocycles. The Morgan fingerprint density at radius 1 is 1.05 bits per heavy atom. The van der Waals surface area contributed by atoms with Crippen LogP contribution in [0.4, 0.5) is 0 Å². The fraction of sp³-hybridized carbons (Fsp3) is 0.688. The maximum Gasteiger partial charge on any atom is 0.171 e. The Hall–Kier alpha value is 0.200. The standard InChI is InChI=1S/C16H24OS3/c1-18-9-13-8-12-6-4-5-7-14(12)16(10-19-2,11-20-3)15(13)17/h8H,4-7,9-11H2,1-3H3. The van der Waals surface area contributed by atoms with Crippen molar-refractivity contribution in [1.82, 2.24) is 0 Å². The molecule has 0 fully saturated rings. The van der Waals surface area contributed by atoms with Crippen molar-refractivity contribution in [2.24, 2.45) is 5.41 Å². The van der Waals surface area contributed by atoms with Gasteiger partial charge < -0.3 is 0 Å². The Kier molecular flexibility index (Phi) is 6.18. The highest BCUT2D eigenvalue weighted by Crippen LogP contribution is 2.47. The second kappa shape index (κ2) is 7.46. The van der Waals surface area contributed by atoms with Crippen LogP contribution in [0.3, 0.4) is 0 Å². The molecule has 2 rings (SSSR count). The number of hydrogen-bond acceptors (Lipinski definition) is 4. The summed E-state index contributed by atoms with van der Waals surface area (Å²) in [5.41, 5.74) is 3.81. The number of rotatable bonds is 6. The molecule has 0 radical (unpaired) electrons. The summed E-state index contributed by atoms with van der Waals surface area (Å²) in [7, 11) is 0. The molecule has 0 spiro atoms. The van der Waals surface area contributed by atoms with Gasteiger partial charge in [0.05, 0.1) is 5.41 Å². The van der Waals surface area contributed by atoms with Gasteiger partial charge in [0.1, 0.15) is 0 Å². The van der Waals surface area contributed by atoms with E-state index in [4.69, 9.17) is 0 Å². The Morgan fingerprint density at radius 2 is 1.70 bits per heavy atom. The van der Waals surface area contributed by atoms with Gasteiger partial charge in [0, 0.05) is 22.8 Å². The first-order valence-corrected chi connectivity index (χ1v) is 11.3. The minimum Gasteiger partial charge on any atom is -0.293 e. The predicted molar refractivity (Wildman–Crippen MR) is 96.2 cm³/mol. The predicted octanol–water partition coefficient (Wildman–Crippen LogP) is 4.44. The summed E-state index contributed by atoms with van der Waals surface area (Å²) in [6.07, 6.45) is 13.4. The van der Waals surface area contributed by atoms with Gasteiger partial charge in [-0.05, 0) is 50.0 Å². The summed E-state index contributed by atoms with van der Waals surface area (Å²) in [5.74, 6) is 3.16. The van der Waals surface area contributed by atoms with Gasteiger partial charge in [-0.25, -0.2) is 0 Å². The minimum atomic E-state index is -0.214. The van der Waals surface area contributed by atoms with Crippen LogP contribution >= 0.6 is 35.3 Å². The molecular weight excluding hydrogens is 304 g/mol. The molecule has 2 aliphatic carbocycles. The molecule has 0 unspecified atom stereocenters. The molecule has 0 N–H and O–H groups in total. The van der Waals surface area contributed by atoms with Crippen molar-refractivity contribution in [2.45, 2.75) is 25.7 Å². The van der Waals surface area contributed by atoms with Crippen molar-refractivity contribution in [3.05, 3.63) is 22.8 Å². The van der Waals surface area contributed by atoms with E-state index in [0.29, 0.717) is 5.78 Å². The Morgan fingerprint density at radius 3 is 2.30 bits per heavy atom. The highest BCUT2D eigenvalue weighted by molar-refractivity contribution is 7.99. The van der Waals surface area contributed by atoms with E-state index < -0.39 is 0 Å². The van der Waals surface area contributed by atoms with Crippen LogP contribution < -0.4 is 0 Å². The molecule has 0 saturated heterocycles. The average Bonchev–Trinajstić information content (AvgIpc) is 2.45. The molecule has 0 amide bonds. The smallest absolute Gasteiger partial charge is 0.171 e. The Balaban J connectivity index is 2.48. The summed E-state index contributed by atoms with van der Waals surface area (Å²) in [6.45, 7) is 0. The van der Waals surface area contributed by atoms with E-state index >= 15 is 0 Å². The number of allylic oxidation sites excluding steroid dienone is 3. The lowest BCUT2D eigenvalue weighted by atomic mass is 9.67. The van der Waals surface area contributed by atoms with Crippen molar-refractivity contribution >= 4 is 41.1 Å². The van der Waals surface area contributed by atoms with E-state index in [-0.39, 0.29) is 5.41 Å². The molecule has 0 aliphatic heterocycles. The summed E-state index contributed by atoms with van der Waals surface area (Å²) in [4.78, 5) is 13.1. The molecule has 2 aliphatic rings. The summed E-state index contributed by atoms with van der Waals surface area (Å²) >= 11 is 5.41. The molecule has 0 aromatic rings. The van der Waals surface area contributed by atoms with Gasteiger partial charge in [0.15, 0.2) is 5.78 Å². The van der Waals surface area contributed by atoms with Crippen LogP contribution in [0.15, 0.2) is 22.8 Å². The first kappa shape index (κ1) is 16.6. The zero-order valence-corrected chi connectivity index (χ0v) is 15.1. The van der Waals surface area contributed by atoms with Crippen LogP contribution in [0.1, 0.15) is 25.7 Å². The largest absolute Gasteiger partial charge is 0.293 e. The quantitative estimate of drug-likeness (QED) is 0.716. The third-order valence-corrected chi connectivity index (χ3v) is 6.41. The van der Waals surface area contributed by atoms with Gasteiger partial charge in [0.2, 0.25) is 0 Å². The van der Waals surface area contributed by atoms with Crippen LogP contribution in [-0.4, -0.2) is 41.8 Å². The molecule has 0 atom stereocenters. The number of carbonyl (C=O) groups excluding carboxylic acids is 1. The molecule has 4 heteroatoms. The SMILES string of the molecule is CSCC1=CC2=C(CCCC2)C(CSC)(CSC)C1=O. The van der Waals surface area contributed by atoms with Crippen LogP contribution in [0, 0.1) is 5.41 Å². The Labute approximate surface area is 135 Å². The van der Waals surface area contributed by atoms with Gasteiger partial charge in [-0.15, -0.1) is 0 Å². The van der Waals surface area contributed by atoms with Crippen molar-refractivity contribution in [1.29, 1.82) is 0 Å². The van der Waals surface area contributed by atoms with Gasteiger partial charge in [-0.1, -0.05) is 11.6 Å². The van der Waals surface area contributed by atoms with E-state index in [0.717, 1.165) is 29.3 Å². The molecular formula is C16H24OS3. The molecule has 1 nitrogen and oxygen atoms in total. The highest BCUT2D eigenvalue weighted by atomic mass is 32.2. The molecule has 20 heavy (non-hydrogen) atoms. The topological polar surface area (TPSA) is 17.1 Å². The lowest BCUT2D eigenvalue weighted by molar-refractivity contribution is -0.121. The van der Waals surface area contributed by atoms with Crippen LogP contribution in [0.2, 0.25) is 0 Å². The minimum absolute atomic E-state index is 0.214. The van der Waals surface area contributed by atoms with Crippen molar-refractivity contribution in [3.63, 3.8) is 0 Å². The maximum absolute atomic E-state index is 13.1. The third-order valence-electron chi connectivity index (χ3n) is 4.24. The molecule has 0 saturated carbocycles. The number of hydrogen-bond donors (Lipinski definition) is 0. The van der Waals surface area contributed by atoms with Gasteiger partial charge in [0.25, 0.3) is 0 Å². The maximum atomic E-state index is 13.1. The zero-order chi connectivity index (χ0) is 14.6. The van der Waals surface area contributed by atoms with E-state index in [1.807, 2.05) is 23.5 Å². The number of thioether (sulfide) groups is 3. The molecule has 0 aromatic heterocycles. The summed E-state index contributed by atoms with van der Waals surface area (Å²) < 4.78 is 0. The second-order valence-corrected chi connectivity index (χ2v) is 8.19. The first-order chi connectivity index (χ1) is 9.69. The van der Waals surface area contributed by atoms with Crippen LogP contribution in [-0.2, 0) is 4.79 Å².